The standard InChI is InChI=1S/C18H39N.BrH/c1-5-6-7-8-9-10-11-12-13-14-15-16-17-19-18(2,3)4;/h19H,5-17H2,1-4H3;1H. The van der Waals surface area contributed by atoms with Gasteiger partial charge in [-0.15, -0.1) is 17.0 Å². The predicted octanol–water partition coefficient (Wildman–Crippen LogP) is 6.65. The molecule has 0 radical (unpaired) electrons. The average molecular weight is 350 g/mol. The van der Waals surface area contributed by atoms with Crippen LogP contribution in [0.3, 0.4) is 0 Å². The number of nitrogens with one attached hydrogen (secondary N) is 1. The lowest BCUT2D eigenvalue weighted by molar-refractivity contribution is 0.415. The molecule has 1 nitrogen and oxygen atoms in total. The largest absolute Gasteiger partial charge is 0.312 e. The minimum Gasteiger partial charge on any atom is -0.312 e. The molecule has 1 N–H and O–H groups in total. The molecule has 0 fully saturated rings. The minimum atomic E-state index is 0. The lowest BCUT2D eigenvalue weighted by Gasteiger charge is -2.20. The smallest absolute Gasteiger partial charge is 0.00965 e. The van der Waals surface area contributed by atoms with E-state index >= 15 is 0 Å². The summed E-state index contributed by atoms with van der Waals surface area (Å²) in [5.74, 6) is 0. The van der Waals surface area contributed by atoms with Crippen LogP contribution in [0.25, 0.3) is 0 Å². The topological polar surface area (TPSA) is 12.0 Å². The van der Waals surface area contributed by atoms with Gasteiger partial charge in [-0.2, -0.15) is 0 Å². The third-order valence-corrected chi connectivity index (χ3v) is 3.69. The molecule has 0 aromatic carbocycles. The van der Waals surface area contributed by atoms with Crippen molar-refractivity contribution in [2.45, 2.75) is 110 Å². The Morgan fingerprint density at radius 3 is 1.30 bits per heavy atom. The lowest BCUT2D eigenvalue weighted by Crippen LogP contribution is -2.36. The molecular weight excluding hydrogens is 310 g/mol. The van der Waals surface area contributed by atoms with Crippen molar-refractivity contribution < 1.29 is 0 Å². The molecular formula is C18H40BrN. The van der Waals surface area contributed by atoms with E-state index < -0.39 is 0 Å². The number of rotatable bonds is 13. The number of hydrogen-bond donors (Lipinski definition) is 1. The van der Waals surface area contributed by atoms with Crippen molar-refractivity contribution in [3.8, 4) is 0 Å². The summed E-state index contributed by atoms with van der Waals surface area (Å²) in [6.45, 7) is 10.2. The highest BCUT2D eigenvalue weighted by Gasteiger charge is 2.06. The maximum Gasteiger partial charge on any atom is 0.00965 e. The SMILES string of the molecule is Br.CCCCCCCCCCCCCCNC(C)(C)C. The van der Waals surface area contributed by atoms with Crippen LogP contribution in [0.5, 0.6) is 0 Å². The van der Waals surface area contributed by atoms with Crippen molar-refractivity contribution >= 4 is 17.0 Å². The van der Waals surface area contributed by atoms with E-state index in [0.29, 0.717) is 0 Å². The van der Waals surface area contributed by atoms with Crippen molar-refractivity contribution in [2.24, 2.45) is 0 Å². The van der Waals surface area contributed by atoms with E-state index in [4.69, 9.17) is 0 Å². The zero-order chi connectivity index (χ0) is 14.4. The van der Waals surface area contributed by atoms with E-state index in [-0.39, 0.29) is 22.5 Å². The van der Waals surface area contributed by atoms with E-state index in [1.165, 1.54) is 83.6 Å². The highest BCUT2D eigenvalue weighted by Crippen LogP contribution is 2.11. The highest BCUT2D eigenvalue weighted by molar-refractivity contribution is 8.93. The molecule has 0 aliphatic heterocycles. The Morgan fingerprint density at radius 1 is 0.600 bits per heavy atom. The summed E-state index contributed by atoms with van der Waals surface area (Å²) in [5, 5.41) is 3.56. The first-order valence-corrected chi connectivity index (χ1v) is 8.81. The summed E-state index contributed by atoms with van der Waals surface area (Å²) in [5.41, 5.74) is 0.289. The Balaban J connectivity index is 0. The van der Waals surface area contributed by atoms with Crippen LogP contribution in [0.2, 0.25) is 0 Å². The van der Waals surface area contributed by atoms with Crippen molar-refractivity contribution in [3.05, 3.63) is 0 Å². The summed E-state index contributed by atoms with van der Waals surface area (Å²) in [7, 11) is 0. The highest BCUT2D eigenvalue weighted by atomic mass is 79.9. The van der Waals surface area contributed by atoms with Gasteiger partial charge in [-0.05, 0) is 33.7 Å². The molecule has 0 heterocycles. The van der Waals surface area contributed by atoms with Crippen LogP contribution < -0.4 is 5.32 Å². The first-order valence-electron chi connectivity index (χ1n) is 8.81. The van der Waals surface area contributed by atoms with Crippen molar-refractivity contribution in [1.82, 2.24) is 5.32 Å². The number of hydrogen-bond acceptors (Lipinski definition) is 1. The fourth-order valence-electron chi connectivity index (χ4n) is 2.43. The summed E-state index contributed by atoms with van der Waals surface area (Å²) >= 11 is 0. The molecule has 0 unspecified atom stereocenters. The third kappa shape index (κ3) is 20.8. The number of unbranched alkanes of at least 4 members (excludes halogenated alkanes) is 11. The second-order valence-electron chi connectivity index (χ2n) is 7.07. The van der Waals surface area contributed by atoms with Gasteiger partial charge in [0.2, 0.25) is 0 Å². The van der Waals surface area contributed by atoms with Gasteiger partial charge in [-0.25, -0.2) is 0 Å². The van der Waals surface area contributed by atoms with Gasteiger partial charge in [0.15, 0.2) is 0 Å². The molecule has 0 aromatic heterocycles. The monoisotopic (exact) mass is 349 g/mol. The van der Waals surface area contributed by atoms with Gasteiger partial charge in [0.1, 0.15) is 0 Å². The molecule has 0 rings (SSSR count). The van der Waals surface area contributed by atoms with Gasteiger partial charge in [0.05, 0.1) is 0 Å². The molecule has 124 valence electrons. The van der Waals surface area contributed by atoms with Crippen LogP contribution in [-0.4, -0.2) is 12.1 Å². The van der Waals surface area contributed by atoms with E-state index in [1.54, 1.807) is 0 Å². The number of halogens is 1. The Morgan fingerprint density at radius 2 is 0.950 bits per heavy atom. The Kier molecular flexibility index (Phi) is 18.0. The van der Waals surface area contributed by atoms with E-state index in [0.717, 1.165) is 0 Å². The molecule has 20 heavy (non-hydrogen) atoms. The van der Waals surface area contributed by atoms with Gasteiger partial charge >= 0.3 is 0 Å². The Labute approximate surface area is 139 Å². The Hall–Kier alpha value is 0.440. The van der Waals surface area contributed by atoms with Crippen molar-refractivity contribution in [3.63, 3.8) is 0 Å². The molecule has 0 aliphatic carbocycles. The van der Waals surface area contributed by atoms with Crippen molar-refractivity contribution in [2.75, 3.05) is 6.54 Å². The quantitative estimate of drug-likeness (QED) is 0.367. The van der Waals surface area contributed by atoms with Crippen LogP contribution in [0, 0.1) is 0 Å². The third-order valence-electron chi connectivity index (χ3n) is 3.69. The average Bonchev–Trinajstić information content (AvgIpc) is 2.34. The first-order chi connectivity index (χ1) is 9.06. The molecule has 0 saturated heterocycles. The summed E-state index contributed by atoms with van der Waals surface area (Å²) in [6.07, 6.45) is 17.2. The second kappa shape index (κ2) is 15.8. The maximum absolute atomic E-state index is 3.56. The molecule has 0 aliphatic rings. The summed E-state index contributed by atoms with van der Waals surface area (Å²) < 4.78 is 0. The van der Waals surface area contributed by atoms with Gasteiger partial charge in [-0.3, -0.25) is 0 Å². The van der Waals surface area contributed by atoms with Gasteiger partial charge < -0.3 is 5.32 Å². The fourth-order valence-corrected chi connectivity index (χ4v) is 2.43. The van der Waals surface area contributed by atoms with Crippen LogP contribution in [0.4, 0.5) is 0 Å². The minimum absolute atomic E-state index is 0. The molecule has 0 bridgehead atoms. The first kappa shape index (κ1) is 22.7. The molecule has 0 atom stereocenters. The summed E-state index contributed by atoms with van der Waals surface area (Å²) in [6, 6.07) is 0. The van der Waals surface area contributed by atoms with Crippen LogP contribution in [0.1, 0.15) is 105 Å². The zero-order valence-corrected chi connectivity index (χ0v) is 16.3. The Bertz CT molecular complexity index is 175. The lowest BCUT2D eigenvalue weighted by atomic mass is 10.0. The van der Waals surface area contributed by atoms with E-state index in [9.17, 15) is 0 Å². The predicted molar refractivity (Wildman–Crippen MR) is 99.2 cm³/mol. The van der Waals surface area contributed by atoms with Gasteiger partial charge in [0, 0.05) is 5.54 Å². The summed E-state index contributed by atoms with van der Waals surface area (Å²) in [4.78, 5) is 0. The van der Waals surface area contributed by atoms with E-state index in [1.807, 2.05) is 0 Å². The van der Waals surface area contributed by atoms with Gasteiger partial charge in [-0.1, -0.05) is 77.6 Å². The fraction of sp³-hybridized carbons (Fsp3) is 1.00. The van der Waals surface area contributed by atoms with Crippen LogP contribution in [0.15, 0.2) is 0 Å². The molecule has 0 amide bonds. The van der Waals surface area contributed by atoms with Crippen LogP contribution >= 0.6 is 17.0 Å². The van der Waals surface area contributed by atoms with Crippen molar-refractivity contribution in [1.29, 1.82) is 0 Å². The normalized spacial score (nSPS) is 11.4. The second-order valence-corrected chi connectivity index (χ2v) is 7.07. The molecule has 0 spiro atoms. The molecule has 0 aromatic rings. The van der Waals surface area contributed by atoms with Crippen LogP contribution in [-0.2, 0) is 0 Å². The molecule has 2 heteroatoms. The zero-order valence-electron chi connectivity index (χ0n) is 14.6. The maximum atomic E-state index is 3.56. The van der Waals surface area contributed by atoms with Gasteiger partial charge in [0.25, 0.3) is 0 Å². The molecule has 0 saturated carbocycles. The van der Waals surface area contributed by atoms with E-state index in [2.05, 4.69) is 33.0 Å².